The zero-order chi connectivity index (χ0) is 11.7. The van der Waals surface area contributed by atoms with Crippen LogP contribution >= 0.6 is 0 Å². The monoisotopic (exact) mass is 217 g/mol. The molecule has 0 saturated carbocycles. The molecule has 0 amide bonds. The molecule has 4 nitrogen and oxygen atoms in total. The van der Waals surface area contributed by atoms with Gasteiger partial charge in [-0.05, 0) is 37.1 Å². The third-order valence-electron chi connectivity index (χ3n) is 2.68. The molecule has 16 heavy (non-hydrogen) atoms. The summed E-state index contributed by atoms with van der Waals surface area (Å²) in [7, 11) is 0. The summed E-state index contributed by atoms with van der Waals surface area (Å²) in [6.07, 6.45) is 1.51. The van der Waals surface area contributed by atoms with Gasteiger partial charge in [0.15, 0.2) is 0 Å². The molecule has 0 N–H and O–H groups in total. The molecule has 0 aliphatic rings. The van der Waals surface area contributed by atoms with E-state index in [0.29, 0.717) is 11.3 Å². The SMILES string of the molecule is Cc1ccc([N+](=O)[O-])c(-c2ccco2)c1C. The molecule has 0 fully saturated rings. The van der Waals surface area contributed by atoms with E-state index < -0.39 is 0 Å². The van der Waals surface area contributed by atoms with Crippen molar-refractivity contribution in [3.05, 3.63) is 51.8 Å². The van der Waals surface area contributed by atoms with E-state index in [1.165, 1.54) is 12.3 Å². The molecule has 0 atom stereocenters. The van der Waals surface area contributed by atoms with Crippen LogP contribution in [0.4, 0.5) is 5.69 Å². The topological polar surface area (TPSA) is 56.3 Å². The van der Waals surface area contributed by atoms with Gasteiger partial charge in [0.2, 0.25) is 0 Å². The molecular weight excluding hydrogens is 206 g/mol. The van der Waals surface area contributed by atoms with Gasteiger partial charge in [0.05, 0.1) is 16.7 Å². The summed E-state index contributed by atoms with van der Waals surface area (Å²) in [5, 5.41) is 10.9. The molecule has 0 bridgehead atoms. The molecule has 0 saturated heterocycles. The van der Waals surface area contributed by atoms with Crippen LogP contribution in [0.25, 0.3) is 11.3 Å². The van der Waals surface area contributed by atoms with Crippen LogP contribution in [-0.4, -0.2) is 4.92 Å². The zero-order valence-electron chi connectivity index (χ0n) is 9.06. The van der Waals surface area contributed by atoms with Gasteiger partial charge in [-0.25, -0.2) is 0 Å². The Labute approximate surface area is 92.7 Å². The van der Waals surface area contributed by atoms with Gasteiger partial charge in [-0.2, -0.15) is 0 Å². The minimum Gasteiger partial charge on any atom is -0.464 e. The highest BCUT2D eigenvalue weighted by Gasteiger charge is 2.20. The predicted octanol–water partition coefficient (Wildman–Crippen LogP) is 3.47. The van der Waals surface area contributed by atoms with Crippen molar-refractivity contribution in [2.75, 3.05) is 0 Å². The van der Waals surface area contributed by atoms with Crippen LogP contribution in [0.15, 0.2) is 34.9 Å². The number of aryl methyl sites for hydroxylation is 1. The zero-order valence-corrected chi connectivity index (χ0v) is 9.06. The Kier molecular flexibility index (Phi) is 2.48. The normalized spacial score (nSPS) is 10.4. The number of nitro benzene ring substituents is 1. The summed E-state index contributed by atoms with van der Waals surface area (Å²) in [5.41, 5.74) is 2.54. The third-order valence-corrected chi connectivity index (χ3v) is 2.68. The molecule has 2 aromatic rings. The van der Waals surface area contributed by atoms with Gasteiger partial charge < -0.3 is 4.42 Å². The van der Waals surface area contributed by atoms with E-state index >= 15 is 0 Å². The largest absolute Gasteiger partial charge is 0.464 e. The third kappa shape index (κ3) is 1.58. The molecule has 1 aromatic carbocycles. The van der Waals surface area contributed by atoms with Crippen molar-refractivity contribution in [3.8, 4) is 11.3 Å². The van der Waals surface area contributed by atoms with E-state index in [2.05, 4.69) is 0 Å². The number of furan rings is 1. The molecule has 0 aliphatic heterocycles. The first-order valence-electron chi connectivity index (χ1n) is 4.89. The lowest BCUT2D eigenvalue weighted by molar-refractivity contribution is -0.384. The molecule has 0 unspecified atom stereocenters. The second-order valence-electron chi connectivity index (χ2n) is 3.64. The first-order valence-corrected chi connectivity index (χ1v) is 4.89. The number of nitrogens with zero attached hydrogens (tertiary/aromatic N) is 1. The van der Waals surface area contributed by atoms with Crippen LogP contribution in [0.1, 0.15) is 11.1 Å². The van der Waals surface area contributed by atoms with Gasteiger partial charge in [0.1, 0.15) is 5.76 Å². The molecule has 1 aromatic heterocycles. The van der Waals surface area contributed by atoms with Gasteiger partial charge in [-0.15, -0.1) is 0 Å². The lowest BCUT2D eigenvalue weighted by Crippen LogP contribution is -1.95. The van der Waals surface area contributed by atoms with Crippen LogP contribution in [0.5, 0.6) is 0 Å². The molecular formula is C12H11NO3. The van der Waals surface area contributed by atoms with Gasteiger partial charge in [-0.3, -0.25) is 10.1 Å². The Hall–Kier alpha value is -2.10. The van der Waals surface area contributed by atoms with Crippen molar-refractivity contribution in [1.29, 1.82) is 0 Å². The van der Waals surface area contributed by atoms with Gasteiger partial charge in [0, 0.05) is 6.07 Å². The van der Waals surface area contributed by atoms with Crippen molar-refractivity contribution < 1.29 is 9.34 Å². The second-order valence-corrected chi connectivity index (χ2v) is 3.64. The molecule has 4 heteroatoms. The molecule has 1 heterocycles. The van der Waals surface area contributed by atoms with Crippen LogP contribution in [-0.2, 0) is 0 Å². The number of rotatable bonds is 2. The lowest BCUT2D eigenvalue weighted by atomic mass is 9.99. The maximum absolute atomic E-state index is 10.9. The Balaban J connectivity index is 2.74. The Morgan fingerprint density at radius 1 is 1.25 bits per heavy atom. The average Bonchev–Trinajstić information content (AvgIpc) is 2.74. The fourth-order valence-corrected chi connectivity index (χ4v) is 1.69. The summed E-state index contributed by atoms with van der Waals surface area (Å²) in [6.45, 7) is 3.78. The van der Waals surface area contributed by atoms with E-state index in [1.54, 1.807) is 18.2 Å². The van der Waals surface area contributed by atoms with Gasteiger partial charge in [-0.1, -0.05) is 6.07 Å². The predicted molar refractivity (Wildman–Crippen MR) is 60.3 cm³/mol. The summed E-state index contributed by atoms with van der Waals surface area (Å²) in [4.78, 5) is 10.6. The number of hydrogen-bond acceptors (Lipinski definition) is 3. The van der Waals surface area contributed by atoms with Crippen LogP contribution in [0.2, 0.25) is 0 Å². The van der Waals surface area contributed by atoms with Crippen molar-refractivity contribution in [2.24, 2.45) is 0 Å². The average molecular weight is 217 g/mol. The quantitative estimate of drug-likeness (QED) is 0.571. The van der Waals surface area contributed by atoms with E-state index in [9.17, 15) is 10.1 Å². The van der Waals surface area contributed by atoms with E-state index in [0.717, 1.165) is 11.1 Å². The standard InChI is InChI=1S/C12H11NO3/c1-8-5-6-10(13(14)15)12(9(8)2)11-4-3-7-16-11/h3-7H,1-2H3. The van der Waals surface area contributed by atoms with Crippen molar-refractivity contribution >= 4 is 5.69 Å². The minimum absolute atomic E-state index is 0.0815. The van der Waals surface area contributed by atoms with Gasteiger partial charge in [0.25, 0.3) is 5.69 Å². The van der Waals surface area contributed by atoms with E-state index in [1.807, 2.05) is 13.8 Å². The summed E-state index contributed by atoms with van der Waals surface area (Å²) < 4.78 is 5.24. The molecule has 0 aliphatic carbocycles. The smallest absolute Gasteiger partial charge is 0.280 e. The Morgan fingerprint density at radius 2 is 2.00 bits per heavy atom. The maximum Gasteiger partial charge on any atom is 0.280 e. The van der Waals surface area contributed by atoms with E-state index in [-0.39, 0.29) is 10.6 Å². The number of hydrogen-bond donors (Lipinski definition) is 0. The summed E-state index contributed by atoms with van der Waals surface area (Å²) in [6, 6.07) is 6.72. The Bertz CT molecular complexity index is 529. The van der Waals surface area contributed by atoms with Crippen LogP contribution in [0.3, 0.4) is 0 Å². The second kappa shape index (κ2) is 3.81. The van der Waals surface area contributed by atoms with Crippen LogP contribution < -0.4 is 0 Å². The van der Waals surface area contributed by atoms with Crippen molar-refractivity contribution in [3.63, 3.8) is 0 Å². The molecule has 0 spiro atoms. The van der Waals surface area contributed by atoms with Gasteiger partial charge >= 0.3 is 0 Å². The fourth-order valence-electron chi connectivity index (χ4n) is 1.69. The summed E-state index contributed by atoms with van der Waals surface area (Å²) >= 11 is 0. The highest BCUT2D eigenvalue weighted by molar-refractivity contribution is 5.74. The van der Waals surface area contributed by atoms with E-state index in [4.69, 9.17) is 4.42 Å². The first-order chi connectivity index (χ1) is 7.61. The van der Waals surface area contributed by atoms with Crippen molar-refractivity contribution in [1.82, 2.24) is 0 Å². The highest BCUT2D eigenvalue weighted by Crippen LogP contribution is 2.34. The first kappa shape index (κ1) is 10.4. The summed E-state index contributed by atoms with van der Waals surface area (Å²) in [5.74, 6) is 0.535. The fraction of sp³-hybridized carbons (Fsp3) is 0.167. The Morgan fingerprint density at radius 3 is 2.56 bits per heavy atom. The molecule has 2 rings (SSSR count). The lowest BCUT2D eigenvalue weighted by Gasteiger charge is -2.06. The number of nitro groups is 1. The highest BCUT2D eigenvalue weighted by atomic mass is 16.6. The number of benzene rings is 1. The maximum atomic E-state index is 10.9. The van der Waals surface area contributed by atoms with Crippen molar-refractivity contribution in [2.45, 2.75) is 13.8 Å². The van der Waals surface area contributed by atoms with Crippen LogP contribution in [0, 0.1) is 24.0 Å². The minimum atomic E-state index is -0.385. The molecule has 0 radical (unpaired) electrons. The molecule has 82 valence electrons.